The van der Waals surface area contributed by atoms with E-state index in [0.29, 0.717) is 16.2 Å². The van der Waals surface area contributed by atoms with E-state index in [1.807, 2.05) is 12.1 Å². The van der Waals surface area contributed by atoms with Gasteiger partial charge >= 0.3 is 0 Å². The zero-order valence-electron chi connectivity index (χ0n) is 9.40. The van der Waals surface area contributed by atoms with E-state index in [4.69, 9.17) is 16.9 Å². The third-order valence-corrected chi connectivity index (χ3v) is 2.71. The van der Waals surface area contributed by atoms with Crippen molar-refractivity contribution in [2.24, 2.45) is 0 Å². The summed E-state index contributed by atoms with van der Waals surface area (Å²) >= 11 is 5.79. The van der Waals surface area contributed by atoms with Crippen LogP contribution in [-0.2, 0) is 0 Å². The van der Waals surface area contributed by atoms with E-state index >= 15 is 0 Å². The minimum atomic E-state index is -0.317. The summed E-state index contributed by atoms with van der Waals surface area (Å²) < 4.78 is 12.8. The largest absolute Gasteiger partial charge is 0.207 e. The molecule has 18 heavy (non-hydrogen) atoms. The number of allylic oxidation sites excluding steroid dienone is 1. The van der Waals surface area contributed by atoms with Crippen LogP contribution in [0.4, 0.5) is 4.39 Å². The van der Waals surface area contributed by atoms with Crippen molar-refractivity contribution >= 4 is 23.3 Å². The molecule has 1 nitrogen and oxygen atoms in total. The van der Waals surface area contributed by atoms with E-state index in [1.165, 1.54) is 12.1 Å². The number of nitriles is 1. The first-order valence-electron chi connectivity index (χ1n) is 5.32. The number of halogens is 2. The molecule has 0 aliphatic carbocycles. The quantitative estimate of drug-likeness (QED) is 0.572. The van der Waals surface area contributed by atoms with Crippen molar-refractivity contribution < 1.29 is 4.39 Å². The van der Waals surface area contributed by atoms with Gasteiger partial charge in [0, 0.05) is 5.02 Å². The molecule has 2 aromatic rings. The minimum Gasteiger partial charge on any atom is -0.207 e. The van der Waals surface area contributed by atoms with Crippen LogP contribution in [0.2, 0.25) is 5.02 Å². The third-order valence-electron chi connectivity index (χ3n) is 2.46. The lowest BCUT2D eigenvalue weighted by atomic mass is 10.0. The first-order chi connectivity index (χ1) is 8.69. The first kappa shape index (κ1) is 12.3. The van der Waals surface area contributed by atoms with Crippen molar-refractivity contribution in [2.75, 3.05) is 0 Å². The molecule has 0 saturated heterocycles. The number of benzene rings is 2. The number of hydrogen-bond acceptors (Lipinski definition) is 1. The van der Waals surface area contributed by atoms with Crippen molar-refractivity contribution in [3.8, 4) is 6.07 Å². The molecule has 2 aromatic carbocycles. The van der Waals surface area contributed by atoms with Gasteiger partial charge < -0.3 is 0 Å². The molecular weight excluding hydrogens is 249 g/mol. The van der Waals surface area contributed by atoms with Crippen LogP contribution in [0.3, 0.4) is 0 Å². The standard InChI is InChI=1S/C15H9ClFN/c16-14-5-1-11(2-6-14)9-13(10-18)12-3-7-15(17)8-4-12/h1-9H/b13-9-. The highest BCUT2D eigenvalue weighted by molar-refractivity contribution is 6.30. The maximum atomic E-state index is 12.8. The van der Waals surface area contributed by atoms with Crippen LogP contribution in [0.1, 0.15) is 11.1 Å². The van der Waals surface area contributed by atoms with E-state index < -0.39 is 0 Å². The molecule has 0 aliphatic heterocycles. The highest BCUT2D eigenvalue weighted by Gasteiger charge is 2.01. The van der Waals surface area contributed by atoms with Crippen molar-refractivity contribution in [1.29, 1.82) is 5.26 Å². The van der Waals surface area contributed by atoms with Gasteiger partial charge in [-0.3, -0.25) is 0 Å². The SMILES string of the molecule is N#C/C(=C/c1ccc(Cl)cc1)c1ccc(F)cc1. The third kappa shape index (κ3) is 2.97. The Morgan fingerprint density at radius 3 is 2.22 bits per heavy atom. The number of hydrogen-bond donors (Lipinski definition) is 0. The fourth-order valence-corrected chi connectivity index (χ4v) is 1.66. The van der Waals surface area contributed by atoms with Gasteiger partial charge in [0.05, 0.1) is 11.6 Å². The topological polar surface area (TPSA) is 23.8 Å². The molecule has 0 spiro atoms. The lowest BCUT2D eigenvalue weighted by Crippen LogP contribution is -1.83. The lowest BCUT2D eigenvalue weighted by Gasteiger charge is -2.00. The van der Waals surface area contributed by atoms with E-state index in [2.05, 4.69) is 6.07 Å². The Morgan fingerprint density at radius 2 is 1.67 bits per heavy atom. The highest BCUT2D eigenvalue weighted by Crippen LogP contribution is 2.19. The maximum absolute atomic E-state index is 12.8. The highest BCUT2D eigenvalue weighted by atomic mass is 35.5. The van der Waals surface area contributed by atoms with E-state index in [0.717, 1.165) is 5.56 Å². The molecule has 0 fully saturated rings. The summed E-state index contributed by atoms with van der Waals surface area (Å²) in [6, 6.07) is 15.1. The van der Waals surface area contributed by atoms with Crippen LogP contribution >= 0.6 is 11.6 Å². The molecule has 0 radical (unpaired) electrons. The monoisotopic (exact) mass is 257 g/mol. The summed E-state index contributed by atoms with van der Waals surface area (Å²) in [6.07, 6.45) is 1.74. The predicted octanol–water partition coefficient (Wildman–Crippen LogP) is 4.54. The van der Waals surface area contributed by atoms with Crippen molar-refractivity contribution in [2.45, 2.75) is 0 Å². The lowest BCUT2D eigenvalue weighted by molar-refractivity contribution is 0.627. The summed E-state index contributed by atoms with van der Waals surface area (Å²) in [5.74, 6) is -0.317. The van der Waals surface area contributed by atoms with E-state index in [9.17, 15) is 4.39 Å². The second-order valence-electron chi connectivity index (χ2n) is 3.73. The Balaban J connectivity index is 2.37. The molecule has 0 amide bonds. The average Bonchev–Trinajstić information content (AvgIpc) is 2.39. The van der Waals surface area contributed by atoms with Gasteiger partial charge in [-0.05, 0) is 41.5 Å². The van der Waals surface area contributed by atoms with Crippen molar-refractivity contribution in [3.05, 3.63) is 70.5 Å². The zero-order chi connectivity index (χ0) is 13.0. The molecule has 0 saturated carbocycles. The van der Waals surface area contributed by atoms with Crippen LogP contribution in [0.15, 0.2) is 48.5 Å². The molecule has 0 unspecified atom stereocenters. The van der Waals surface area contributed by atoms with Crippen molar-refractivity contribution in [1.82, 2.24) is 0 Å². The Labute approximate surface area is 110 Å². The van der Waals surface area contributed by atoms with E-state index in [-0.39, 0.29) is 5.82 Å². The van der Waals surface area contributed by atoms with Gasteiger partial charge in [0.25, 0.3) is 0 Å². The zero-order valence-corrected chi connectivity index (χ0v) is 10.2. The van der Waals surface area contributed by atoms with Crippen LogP contribution in [0.25, 0.3) is 11.6 Å². The Bertz CT molecular complexity index is 606. The fraction of sp³-hybridized carbons (Fsp3) is 0. The summed E-state index contributed by atoms with van der Waals surface area (Å²) in [6.45, 7) is 0. The molecule has 3 heteroatoms. The maximum Gasteiger partial charge on any atom is 0.123 e. The van der Waals surface area contributed by atoms with Crippen molar-refractivity contribution in [3.63, 3.8) is 0 Å². The normalized spacial score (nSPS) is 11.1. The Morgan fingerprint density at radius 1 is 1.06 bits per heavy atom. The van der Waals surface area contributed by atoms with Gasteiger partial charge in [0.2, 0.25) is 0 Å². The summed E-state index contributed by atoms with van der Waals surface area (Å²) in [5.41, 5.74) is 2.05. The predicted molar refractivity (Wildman–Crippen MR) is 71.3 cm³/mol. The van der Waals surface area contributed by atoms with Gasteiger partial charge in [0.15, 0.2) is 0 Å². The fourth-order valence-electron chi connectivity index (χ4n) is 1.54. The van der Waals surface area contributed by atoms with Gasteiger partial charge in [-0.2, -0.15) is 5.26 Å². The minimum absolute atomic E-state index is 0.317. The second-order valence-corrected chi connectivity index (χ2v) is 4.16. The smallest absolute Gasteiger partial charge is 0.123 e. The van der Waals surface area contributed by atoms with Crippen LogP contribution in [0.5, 0.6) is 0 Å². The molecule has 0 aromatic heterocycles. The molecule has 2 rings (SSSR count). The van der Waals surface area contributed by atoms with Gasteiger partial charge in [-0.15, -0.1) is 0 Å². The molecular formula is C15H9ClFN. The van der Waals surface area contributed by atoms with E-state index in [1.54, 1.807) is 30.3 Å². The van der Waals surface area contributed by atoms with Crippen LogP contribution in [0, 0.1) is 17.1 Å². The van der Waals surface area contributed by atoms with Crippen LogP contribution < -0.4 is 0 Å². The molecule has 0 atom stereocenters. The number of nitrogens with zero attached hydrogens (tertiary/aromatic N) is 1. The second kappa shape index (κ2) is 5.48. The Kier molecular flexibility index (Phi) is 3.76. The molecule has 0 N–H and O–H groups in total. The van der Waals surface area contributed by atoms with Gasteiger partial charge in [-0.1, -0.05) is 35.9 Å². The molecule has 0 aliphatic rings. The molecule has 88 valence electrons. The summed E-state index contributed by atoms with van der Waals surface area (Å²) in [7, 11) is 0. The number of rotatable bonds is 2. The molecule has 0 heterocycles. The Hall–Kier alpha value is -2.11. The summed E-state index contributed by atoms with van der Waals surface area (Å²) in [4.78, 5) is 0. The first-order valence-corrected chi connectivity index (χ1v) is 5.70. The van der Waals surface area contributed by atoms with Gasteiger partial charge in [0.1, 0.15) is 5.82 Å². The molecule has 0 bridgehead atoms. The summed E-state index contributed by atoms with van der Waals surface area (Å²) in [5, 5.41) is 9.77. The van der Waals surface area contributed by atoms with Gasteiger partial charge in [-0.25, -0.2) is 4.39 Å². The van der Waals surface area contributed by atoms with Crippen LogP contribution in [-0.4, -0.2) is 0 Å². The average molecular weight is 258 g/mol.